The topological polar surface area (TPSA) is 87.7 Å². The van der Waals surface area contributed by atoms with E-state index in [2.05, 4.69) is 10.6 Å². The normalized spacial score (nSPS) is 13.5. The van der Waals surface area contributed by atoms with Crippen LogP contribution in [0.2, 0.25) is 5.02 Å². The van der Waals surface area contributed by atoms with E-state index < -0.39 is 35.2 Å². The van der Waals surface area contributed by atoms with Gasteiger partial charge in [-0.2, -0.15) is 0 Å². The summed E-state index contributed by atoms with van der Waals surface area (Å²) >= 11 is 6.45. The second kappa shape index (κ2) is 12.4. The van der Waals surface area contributed by atoms with Crippen molar-refractivity contribution < 1.29 is 19.1 Å². The molecular weight excluding hydrogens is 514 g/mol. The minimum Gasteiger partial charge on any atom is -0.444 e. The number of para-hydroxylation sites is 1. The van der Waals surface area contributed by atoms with Crippen LogP contribution >= 0.6 is 11.6 Å². The van der Waals surface area contributed by atoms with Crippen LogP contribution in [0.3, 0.4) is 0 Å². The molecular formula is C31H44ClN3O4. The summed E-state index contributed by atoms with van der Waals surface area (Å²) in [6.45, 7) is 20.4. The third kappa shape index (κ3) is 8.46. The highest BCUT2D eigenvalue weighted by Crippen LogP contribution is 2.35. The summed E-state index contributed by atoms with van der Waals surface area (Å²) in [5.41, 5.74) is 2.36. The van der Waals surface area contributed by atoms with Gasteiger partial charge in [0.25, 0.3) is 5.91 Å². The van der Waals surface area contributed by atoms with Crippen molar-refractivity contribution in [2.75, 3.05) is 5.32 Å². The molecule has 7 nitrogen and oxygen atoms in total. The number of carbonyl (C=O) groups is 3. The second-order valence-corrected chi connectivity index (χ2v) is 12.8. The third-order valence-corrected chi connectivity index (χ3v) is 6.58. The number of alkyl carbamates (subject to hydrolysis) is 1. The zero-order valence-corrected chi connectivity index (χ0v) is 25.9. The lowest BCUT2D eigenvalue weighted by atomic mass is 9.90. The van der Waals surface area contributed by atoms with Crippen molar-refractivity contribution in [1.29, 1.82) is 0 Å². The van der Waals surface area contributed by atoms with Gasteiger partial charge in [-0.3, -0.25) is 9.59 Å². The Balaban J connectivity index is 2.68. The lowest BCUT2D eigenvalue weighted by Gasteiger charge is -2.44. The average molecular weight is 558 g/mol. The molecule has 0 spiro atoms. The first-order chi connectivity index (χ1) is 17.8. The van der Waals surface area contributed by atoms with Crippen molar-refractivity contribution in [3.05, 3.63) is 63.7 Å². The minimum absolute atomic E-state index is 0.275. The summed E-state index contributed by atoms with van der Waals surface area (Å²) in [6.07, 6.45) is -0.692. The molecule has 0 aliphatic heterocycles. The van der Waals surface area contributed by atoms with Crippen molar-refractivity contribution in [3.8, 4) is 0 Å². The van der Waals surface area contributed by atoms with Gasteiger partial charge >= 0.3 is 6.09 Å². The molecule has 2 N–H and O–H groups in total. The quantitative estimate of drug-likeness (QED) is 0.379. The van der Waals surface area contributed by atoms with Crippen LogP contribution in [0.5, 0.6) is 0 Å². The molecule has 2 unspecified atom stereocenters. The molecule has 39 heavy (non-hydrogen) atoms. The van der Waals surface area contributed by atoms with Crippen LogP contribution in [0.25, 0.3) is 0 Å². The van der Waals surface area contributed by atoms with Crippen LogP contribution in [-0.4, -0.2) is 40.0 Å². The minimum atomic E-state index is -1.00. The molecule has 3 amide bonds. The maximum Gasteiger partial charge on any atom is 0.408 e. The molecule has 2 aromatic rings. The van der Waals surface area contributed by atoms with Gasteiger partial charge < -0.3 is 20.3 Å². The summed E-state index contributed by atoms with van der Waals surface area (Å²) < 4.78 is 5.45. The molecule has 0 radical (unpaired) electrons. The van der Waals surface area contributed by atoms with Crippen LogP contribution in [0.4, 0.5) is 10.5 Å². The number of nitrogens with one attached hydrogen (secondary N) is 2. The smallest absolute Gasteiger partial charge is 0.408 e. The van der Waals surface area contributed by atoms with Gasteiger partial charge in [0.05, 0.1) is 10.7 Å². The summed E-state index contributed by atoms with van der Waals surface area (Å²) in [5.74, 6) is -1.07. The summed E-state index contributed by atoms with van der Waals surface area (Å²) in [4.78, 5) is 42.8. The molecule has 2 aromatic carbocycles. The average Bonchev–Trinajstić information content (AvgIpc) is 2.76. The van der Waals surface area contributed by atoms with Crippen LogP contribution < -0.4 is 10.6 Å². The maximum atomic E-state index is 14.4. The van der Waals surface area contributed by atoms with Gasteiger partial charge in [0.1, 0.15) is 17.7 Å². The fourth-order valence-corrected chi connectivity index (χ4v) is 4.72. The number of aryl methyl sites for hydroxylation is 3. The van der Waals surface area contributed by atoms with Crippen LogP contribution in [0, 0.1) is 26.7 Å². The third-order valence-electron chi connectivity index (χ3n) is 6.26. The zero-order valence-electron chi connectivity index (χ0n) is 25.2. The number of anilines is 1. The Kier molecular flexibility index (Phi) is 10.2. The largest absolute Gasteiger partial charge is 0.444 e. The molecule has 2 atom stereocenters. The molecule has 0 aliphatic carbocycles. The first-order valence-electron chi connectivity index (χ1n) is 13.3. The molecule has 2 rings (SSSR count). The molecule has 0 aliphatic rings. The predicted octanol–water partition coefficient (Wildman–Crippen LogP) is 7.12. The van der Waals surface area contributed by atoms with Gasteiger partial charge in [-0.15, -0.1) is 0 Å². The highest BCUT2D eigenvalue weighted by atomic mass is 35.5. The lowest BCUT2D eigenvalue weighted by molar-refractivity contribution is -0.147. The van der Waals surface area contributed by atoms with Crippen LogP contribution in [-0.2, 0) is 14.3 Å². The Morgan fingerprint density at radius 1 is 0.923 bits per heavy atom. The predicted molar refractivity (Wildman–Crippen MR) is 158 cm³/mol. The summed E-state index contributed by atoms with van der Waals surface area (Å²) in [7, 11) is 0. The zero-order chi connectivity index (χ0) is 29.9. The van der Waals surface area contributed by atoms with Gasteiger partial charge in [0.15, 0.2) is 0 Å². The molecule has 8 heteroatoms. The van der Waals surface area contributed by atoms with E-state index in [9.17, 15) is 14.4 Å². The molecule has 0 saturated heterocycles. The van der Waals surface area contributed by atoms with E-state index in [1.807, 2.05) is 85.7 Å². The monoisotopic (exact) mass is 557 g/mol. The number of rotatable bonds is 7. The molecule has 214 valence electrons. The Morgan fingerprint density at radius 2 is 1.54 bits per heavy atom. The first kappa shape index (κ1) is 32.2. The van der Waals surface area contributed by atoms with Gasteiger partial charge in [0, 0.05) is 5.54 Å². The molecule has 0 heterocycles. The van der Waals surface area contributed by atoms with E-state index >= 15 is 0 Å². The fraction of sp³-hybridized carbons (Fsp3) is 0.516. The molecule has 0 saturated carbocycles. The second-order valence-electron chi connectivity index (χ2n) is 12.4. The number of benzene rings is 2. The van der Waals surface area contributed by atoms with Gasteiger partial charge in [0.2, 0.25) is 5.91 Å². The number of nitrogens with zero attached hydrogens (tertiary/aromatic N) is 1. The highest BCUT2D eigenvalue weighted by Gasteiger charge is 2.43. The number of hydrogen-bond donors (Lipinski definition) is 2. The lowest BCUT2D eigenvalue weighted by Crippen LogP contribution is -2.59. The van der Waals surface area contributed by atoms with Crippen molar-refractivity contribution in [3.63, 3.8) is 0 Å². The number of ether oxygens (including phenoxy) is 1. The van der Waals surface area contributed by atoms with E-state index in [-0.39, 0.29) is 11.8 Å². The van der Waals surface area contributed by atoms with Crippen LogP contribution in [0.15, 0.2) is 36.4 Å². The van der Waals surface area contributed by atoms with E-state index in [1.54, 1.807) is 31.7 Å². The van der Waals surface area contributed by atoms with E-state index in [4.69, 9.17) is 16.3 Å². The first-order valence-corrected chi connectivity index (χ1v) is 13.7. The van der Waals surface area contributed by atoms with Crippen molar-refractivity contribution in [1.82, 2.24) is 10.2 Å². The van der Waals surface area contributed by atoms with E-state index in [0.29, 0.717) is 16.3 Å². The van der Waals surface area contributed by atoms with Gasteiger partial charge in [-0.05, 0) is 91.0 Å². The Bertz CT molecular complexity index is 1190. The Morgan fingerprint density at radius 3 is 2.03 bits per heavy atom. The van der Waals surface area contributed by atoms with E-state index in [0.717, 1.165) is 16.7 Å². The number of hydrogen-bond acceptors (Lipinski definition) is 4. The SMILES string of the molecule is Cc1ccc(C(C(=O)Nc2c(C)cccc2Cl)N(C(=O)C(NC(=O)OC(C)(C)C)C(C)C)C(C)(C)C)c(C)c1. The van der Waals surface area contributed by atoms with Crippen molar-refractivity contribution in [2.45, 2.75) is 99.4 Å². The standard InChI is InChI=1S/C31H44ClN3O4/c1-18(2)24(34-29(38)39-31(9,10)11)28(37)35(30(6,7)8)26(22-16-15-19(3)17-21(22)5)27(36)33-25-20(4)13-12-14-23(25)32/h12-18,24,26H,1-11H3,(H,33,36)(H,34,38). The van der Waals surface area contributed by atoms with E-state index in [1.165, 1.54) is 0 Å². The number of carbonyl (C=O) groups excluding carboxylic acids is 3. The Labute approximate surface area is 238 Å². The summed E-state index contributed by atoms with van der Waals surface area (Å²) in [5, 5.41) is 6.15. The number of halogens is 1. The van der Waals surface area contributed by atoms with Crippen LogP contribution in [0.1, 0.15) is 83.7 Å². The summed E-state index contributed by atoms with van der Waals surface area (Å²) in [6, 6.07) is 9.25. The van der Waals surface area contributed by atoms with Crippen molar-refractivity contribution >= 4 is 35.2 Å². The fourth-order valence-electron chi connectivity index (χ4n) is 4.45. The Hall–Kier alpha value is -3.06. The van der Waals surface area contributed by atoms with Crippen molar-refractivity contribution in [2.24, 2.45) is 5.92 Å². The highest BCUT2D eigenvalue weighted by molar-refractivity contribution is 6.34. The molecule has 0 aromatic heterocycles. The molecule has 0 fully saturated rings. The number of amides is 3. The van der Waals surface area contributed by atoms with Gasteiger partial charge in [-0.1, -0.05) is 61.3 Å². The maximum absolute atomic E-state index is 14.4. The molecule has 0 bridgehead atoms. The van der Waals surface area contributed by atoms with Gasteiger partial charge in [-0.25, -0.2) is 4.79 Å².